The standard InChI is InChI=1S/C18H28N2O2/c1-15-4-3-10-20(13-15)14-17-7-5-16(6-8-17)12-19-18(21)9-11-22-2/h5-8,15H,3-4,9-14H2,1-2H3,(H,19,21)/t15-/m1/s1. The van der Waals surface area contributed by atoms with Gasteiger partial charge in [0.05, 0.1) is 6.61 Å². The minimum atomic E-state index is 0.0354. The third-order valence-corrected chi connectivity index (χ3v) is 4.19. The van der Waals surface area contributed by atoms with Crippen molar-refractivity contribution in [2.45, 2.75) is 39.3 Å². The van der Waals surface area contributed by atoms with Gasteiger partial charge >= 0.3 is 0 Å². The molecule has 0 radical (unpaired) electrons. The molecule has 1 amide bonds. The average molecular weight is 304 g/mol. The van der Waals surface area contributed by atoms with Gasteiger partial charge in [-0.15, -0.1) is 0 Å². The van der Waals surface area contributed by atoms with Gasteiger partial charge in [-0.2, -0.15) is 0 Å². The van der Waals surface area contributed by atoms with Gasteiger partial charge in [-0.3, -0.25) is 9.69 Å². The third kappa shape index (κ3) is 5.78. The van der Waals surface area contributed by atoms with Crippen LogP contribution in [0.3, 0.4) is 0 Å². The summed E-state index contributed by atoms with van der Waals surface area (Å²) in [6, 6.07) is 8.57. The van der Waals surface area contributed by atoms with Crippen molar-refractivity contribution in [3.8, 4) is 0 Å². The number of carbonyl (C=O) groups excluding carboxylic acids is 1. The number of hydrogen-bond acceptors (Lipinski definition) is 3. The molecule has 1 heterocycles. The SMILES string of the molecule is COCCC(=O)NCc1ccc(CN2CCC[C@@H](C)C2)cc1. The molecule has 1 atom stereocenters. The number of hydrogen-bond donors (Lipinski definition) is 1. The van der Waals surface area contributed by atoms with Crippen molar-refractivity contribution in [3.63, 3.8) is 0 Å². The largest absolute Gasteiger partial charge is 0.384 e. The second kappa shape index (κ2) is 8.91. The monoisotopic (exact) mass is 304 g/mol. The third-order valence-electron chi connectivity index (χ3n) is 4.19. The van der Waals surface area contributed by atoms with Crippen molar-refractivity contribution in [2.75, 3.05) is 26.8 Å². The number of piperidine rings is 1. The molecule has 1 aromatic rings. The van der Waals surface area contributed by atoms with Gasteiger partial charge in [0.1, 0.15) is 0 Å². The molecule has 4 nitrogen and oxygen atoms in total. The van der Waals surface area contributed by atoms with Crippen LogP contribution < -0.4 is 5.32 Å². The Morgan fingerprint density at radius 2 is 2.05 bits per heavy atom. The summed E-state index contributed by atoms with van der Waals surface area (Å²) >= 11 is 0. The summed E-state index contributed by atoms with van der Waals surface area (Å²) in [6.07, 6.45) is 3.09. The maximum atomic E-state index is 11.5. The Labute approximate surface area is 133 Å². The first-order chi connectivity index (χ1) is 10.7. The highest BCUT2D eigenvalue weighted by Crippen LogP contribution is 2.18. The van der Waals surface area contributed by atoms with E-state index in [-0.39, 0.29) is 5.91 Å². The minimum Gasteiger partial charge on any atom is -0.384 e. The van der Waals surface area contributed by atoms with E-state index in [4.69, 9.17) is 4.74 Å². The van der Waals surface area contributed by atoms with Crippen LogP contribution in [0.5, 0.6) is 0 Å². The maximum absolute atomic E-state index is 11.5. The van der Waals surface area contributed by atoms with Crippen molar-refractivity contribution in [2.24, 2.45) is 5.92 Å². The molecule has 22 heavy (non-hydrogen) atoms. The average Bonchev–Trinajstić information content (AvgIpc) is 2.52. The van der Waals surface area contributed by atoms with Crippen molar-refractivity contribution in [1.82, 2.24) is 10.2 Å². The molecule has 1 saturated heterocycles. The van der Waals surface area contributed by atoms with Gasteiger partial charge in [0.2, 0.25) is 5.91 Å². The van der Waals surface area contributed by atoms with Crippen LogP contribution in [0.2, 0.25) is 0 Å². The molecule has 1 aliphatic heterocycles. The van der Waals surface area contributed by atoms with E-state index in [0.29, 0.717) is 19.6 Å². The van der Waals surface area contributed by atoms with Crippen molar-refractivity contribution in [1.29, 1.82) is 0 Å². The molecular weight excluding hydrogens is 276 g/mol. The van der Waals surface area contributed by atoms with Crippen LogP contribution in [-0.2, 0) is 22.6 Å². The van der Waals surface area contributed by atoms with Gasteiger partial charge in [0.25, 0.3) is 0 Å². The summed E-state index contributed by atoms with van der Waals surface area (Å²) < 4.78 is 4.89. The van der Waals surface area contributed by atoms with Gasteiger partial charge in [-0.1, -0.05) is 31.2 Å². The van der Waals surface area contributed by atoms with E-state index in [1.807, 2.05) is 0 Å². The number of rotatable bonds is 7. The van der Waals surface area contributed by atoms with Crippen LogP contribution in [0.25, 0.3) is 0 Å². The zero-order valence-electron chi connectivity index (χ0n) is 13.8. The molecule has 0 spiro atoms. The summed E-state index contributed by atoms with van der Waals surface area (Å²) in [7, 11) is 1.61. The number of likely N-dealkylation sites (tertiary alicyclic amines) is 1. The molecule has 2 rings (SSSR count). The molecular formula is C18H28N2O2. The molecule has 0 aromatic heterocycles. The molecule has 4 heteroatoms. The fourth-order valence-corrected chi connectivity index (χ4v) is 2.93. The Balaban J connectivity index is 1.76. The van der Waals surface area contributed by atoms with E-state index in [2.05, 4.69) is 41.4 Å². The predicted octanol–water partition coefficient (Wildman–Crippen LogP) is 2.57. The Bertz CT molecular complexity index is 459. The Kier molecular flexibility index (Phi) is 6.87. The fraction of sp³-hybridized carbons (Fsp3) is 0.611. The van der Waals surface area contributed by atoms with Gasteiger partial charge in [0, 0.05) is 33.2 Å². The van der Waals surface area contributed by atoms with Crippen molar-refractivity contribution < 1.29 is 9.53 Å². The summed E-state index contributed by atoms with van der Waals surface area (Å²) in [5.74, 6) is 0.851. The van der Waals surface area contributed by atoms with E-state index in [9.17, 15) is 4.79 Å². The molecule has 122 valence electrons. The first kappa shape index (κ1) is 17.0. The van der Waals surface area contributed by atoms with Crippen LogP contribution >= 0.6 is 0 Å². The first-order valence-electron chi connectivity index (χ1n) is 8.23. The summed E-state index contributed by atoms with van der Waals surface area (Å²) in [4.78, 5) is 14.1. The Morgan fingerprint density at radius 3 is 2.73 bits per heavy atom. The normalized spacial score (nSPS) is 19.1. The molecule has 0 bridgehead atoms. The molecule has 1 fully saturated rings. The number of nitrogens with zero attached hydrogens (tertiary/aromatic N) is 1. The lowest BCUT2D eigenvalue weighted by Gasteiger charge is -2.30. The molecule has 0 aliphatic carbocycles. The summed E-state index contributed by atoms with van der Waals surface area (Å²) in [5.41, 5.74) is 2.49. The van der Waals surface area contributed by atoms with E-state index in [0.717, 1.165) is 18.0 Å². The molecule has 1 N–H and O–H groups in total. The van der Waals surface area contributed by atoms with Crippen molar-refractivity contribution >= 4 is 5.91 Å². The van der Waals surface area contributed by atoms with E-state index < -0.39 is 0 Å². The van der Waals surface area contributed by atoms with Crippen LogP contribution in [0.1, 0.15) is 37.3 Å². The second-order valence-electron chi connectivity index (χ2n) is 6.32. The minimum absolute atomic E-state index is 0.0354. The zero-order valence-corrected chi connectivity index (χ0v) is 13.8. The number of ether oxygens (including phenoxy) is 1. The molecule has 0 saturated carbocycles. The van der Waals surface area contributed by atoms with Crippen LogP contribution in [0.15, 0.2) is 24.3 Å². The smallest absolute Gasteiger partial charge is 0.222 e. The van der Waals surface area contributed by atoms with Crippen LogP contribution in [0, 0.1) is 5.92 Å². The highest BCUT2D eigenvalue weighted by atomic mass is 16.5. The quantitative estimate of drug-likeness (QED) is 0.842. The van der Waals surface area contributed by atoms with Crippen molar-refractivity contribution in [3.05, 3.63) is 35.4 Å². The van der Waals surface area contributed by atoms with Gasteiger partial charge in [-0.25, -0.2) is 0 Å². The number of nitrogens with one attached hydrogen (secondary N) is 1. The van der Waals surface area contributed by atoms with Gasteiger partial charge in [-0.05, 0) is 36.4 Å². The van der Waals surface area contributed by atoms with E-state index in [1.54, 1.807) is 7.11 Å². The fourth-order valence-electron chi connectivity index (χ4n) is 2.93. The highest BCUT2D eigenvalue weighted by molar-refractivity contribution is 5.75. The zero-order chi connectivity index (χ0) is 15.8. The number of amides is 1. The molecule has 1 aliphatic rings. The summed E-state index contributed by atoms with van der Waals surface area (Å²) in [6.45, 7) is 6.84. The lowest BCUT2D eigenvalue weighted by atomic mass is 9.99. The molecule has 0 unspecified atom stereocenters. The maximum Gasteiger partial charge on any atom is 0.222 e. The number of benzene rings is 1. The number of methoxy groups -OCH3 is 1. The van der Waals surface area contributed by atoms with Gasteiger partial charge in [0.15, 0.2) is 0 Å². The Hall–Kier alpha value is -1.39. The van der Waals surface area contributed by atoms with Crippen LogP contribution in [0.4, 0.5) is 0 Å². The topological polar surface area (TPSA) is 41.6 Å². The van der Waals surface area contributed by atoms with Crippen LogP contribution in [-0.4, -0.2) is 37.6 Å². The first-order valence-corrected chi connectivity index (χ1v) is 8.23. The van der Waals surface area contributed by atoms with E-state index >= 15 is 0 Å². The molecule has 1 aromatic carbocycles. The lowest BCUT2D eigenvalue weighted by Crippen LogP contribution is -2.33. The predicted molar refractivity (Wildman–Crippen MR) is 88.5 cm³/mol. The summed E-state index contributed by atoms with van der Waals surface area (Å²) in [5, 5.41) is 2.91. The Morgan fingerprint density at radius 1 is 1.32 bits per heavy atom. The highest BCUT2D eigenvalue weighted by Gasteiger charge is 2.16. The lowest BCUT2D eigenvalue weighted by molar-refractivity contribution is -0.122. The second-order valence-corrected chi connectivity index (χ2v) is 6.32. The number of carbonyl (C=O) groups is 1. The van der Waals surface area contributed by atoms with E-state index in [1.165, 1.54) is 31.5 Å². The van der Waals surface area contributed by atoms with Gasteiger partial charge < -0.3 is 10.1 Å².